The fraction of sp³-hybridized carbons (Fsp3) is 0.368. The highest BCUT2D eigenvalue weighted by molar-refractivity contribution is 7.11. The first-order chi connectivity index (χ1) is 12.2. The van der Waals surface area contributed by atoms with Gasteiger partial charge in [-0.15, -0.1) is 11.3 Å². The average molecular weight is 356 g/mol. The van der Waals surface area contributed by atoms with Gasteiger partial charge in [0.15, 0.2) is 5.96 Å². The molecule has 0 fully saturated rings. The number of aliphatic imine (C=N–C) groups is 1. The second-order valence-electron chi connectivity index (χ2n) is 6.13. The van der Waals surface area contributed by atoms with Crippen molar-refractivity contribution < 1.29 is 4.79 Å². The van der Waals surface area contributed by atoms with Crippen LogP contribution < -0.4 is 10.6 Å². The molecule has 3 rings (SSSR count). The van der Waals surface area contributed by atoms with Crippen molar-refractivity contribution in [2.75, 3.05) is 20.1 Å². The summed E-state index contributed by atoms with van der Waals surface area (Å²) in [4.78, 5) is 21.1. The fourth-order valence-corrected chi connectivity index (χ4v) is 3.78. The summed E-state index contributed by atoms with van der Waals surface area (Å²) >= 11 is 1.76. The molecule has 0 bridgehead atoms. The highest BCUT2D eigenvalue weighted by atomic mass is 32.1. The summed E-state index contributed by atoms with van der Waals surface area (Å²) in [5.41, 5.74) is 2.60. The quantitative estimate of drug-likeness (QED) is 0.653. The Hall–Kier alpha value is -2.34. The van der Waals surface area contributed by atoms with Gasteiger partial charge in [-0.1, -0.05) is 24.3 Å². The van der Waals surface area contributed by atoms with E-state index >= 15 is 0 Å². The van der Waals surface area contributed by atoms with Crippen molar-refractivity contribution in [2.45, 2.75) is 26.4 Å². The summed E-state index contributed by atoms with van der Waals surface area (Å²) in [7, 11) is 1.72. The van der Waals surface area contributed by atoms with Crippen LogP contribution in [0.15, 0.2) is 41.4 Å². The Kier molecular flexibility index (Phi) is 5.71. The van der Waals surface area contributed by atoms with Crippen LogP contribution in [0.3, 0.4) is 0 Å². The molecule has 1 aromatic heterocycles. The van der Waals surface area contributed by atoms with E-state index in [0.29, 0.717) is 19.0 Å². The maximum absolute atomic E-state index is 12.5. The fourth-order valence-electron chi connectivity index (χ4n) is 2.95. The molecule has 0 saturated heterocycles. The van der Waals surface area contributed by atoms with Gasteiger partial charge in [0.1, 0.15) is 0 Å². The van der Waals surface area contributed by atoms with Crippen LogP contribution in [0, 0.1) is 6.92 Å². The van der Waals surface area contributed by atoms with Gasteiger partial charge in [0.25, 0.3) is 0 Å². The third-order valence-electron chi connectivity index (χ3n) is 4.34. The van der Waals surface area contributed by atoms with Crippen LogP contribution in [-0.4, -0.2) is 36.9 Å². The summed E-state index contributed by atoms with van der Waals surface area (Å²) < 4.78 is 0. The lowest BCUT2D eigenvalue weighted by atomic mass is 10.00. The Balaban J connectivity index is 1.48. The van der Waals surface area contributed by atoms with Gasteiger partial charge in [0, 0.05) is 29.9 Å². The summed E-state index contributed by atoms with van der Waals surface area (Å²) in [6.45, 7) is 4.53. The Morgan fingerprint density at radius 2 is 2.00 bits per heavy atom. The molecule has 0 unspecified atom stereocenters. The van der Waals surface area contributed by atoms with Gasteiger partial charge in [-0.2, -0.15) is 0 Å². The van der Waals surface area contributed by atoms with Crippen molar-refractivity contribution in [1.82, 2.24) is 15.5 Å². The van der Waals surface area contributed by atoms with E-state index in [0.717, 1.165) is 13.0 Å². The summed E-state index contributed by atoms with van der Waals surface area (Å²) in [6.07, 6.45) is 0.923. The molecule has 2 heterocycles. The summed E-state index contributed by atoms with van der Waals surface area (Å²) in [5.74, 6) is 0.751. The second kappa shape index (κ2) is 8.16. The molecule has 2 N–H and O–H groups in total. The topological polar surface area (TPSA) is 56.7 Å². The molecule has 1 aromatic carbocycles. The number of hydrogen-bond donors (Lipinski definition) is 2. The third kappa shape index (κ3) is 4.60. The van der Waals surface area contributed by atoms with Crippen LogP contribution in [0.1, 0.15) is 20.9 Å². The summed E-state index contributed by atoms with van der Waals surface area (Å²) in [5, 5.41) is 6.37. The van der Waals surface area contributed by atoms with Crippen molar-refractivity contribution in [2.24, 2.45) is 4.99 Å². The number of amides is 1. The third-order valence-corrected chi connectivity index (χ3v) is 5.34. The van der Waals surface area contributed by atoms with E-state index < -0.39 is 0 Å². The van der Waals surface area contributed by atoms with Gasteiger partial charge >= 0.3 is 0 Å². The van der Waals surface area contributed by atoms with Gasteiger partial charge in [0.2, 0.25) is 5.91 Å². The maximum Gasteiger partial charge on any atom is 0.242 e. The number of carbonyl (C=O) groups is 1. The lowest BCUT2D eigenvalue weighted by Crippen LogP contribution is -2.45. The zero-order valence-corrected chi connectivity index (χ0v) is 15.5. The van der Waals surface area contributed by atoms with Crippen LogP contribution >= 0.6 is 11.3 Å². The zero-order chi connectivity index (χ0) is 17.6. The van der Waals surface area contributed by atoms with Crippen LogP contribution in [0.2, 0.25) is 0 Å². The van der Waals surface area contributed by atoms with Crippen LogP contribution in [0.5, 0.6) is 0 Å². The minimum atomic E-state index is 0.101. The number of benzene rings is 1. The highest BCUT2D eigenvalue weighted by Crippen LogP contribution is 2.18. The molecule has 1 amide bonds. The van der Waals surface area contributed by atoms with Crippen molar-refractivity contribution in [3.63, 3.8) is 0 Å². The van der Waals surface area contributed by atoms with Crippen molar-refractivity contribution in [3.05, 3.63) is 57.3 Å². The van der Waals surface area contributed by atoms with Gasteiger partial charge in [-0.05, 0) is 36.6 Å². The minimum absolute atomic E-state index is 0.101. The first-order valence-corrected chi connectivity index (χ1v) is 9.32. The SMILES string of the molecule is CN=C(NCC(=O)N1CCc2ccccc2C1)NCc1ccc(C)s1. The van der Waals surface area contributed by atoms with Gasteiger partial charge in [0.05, 0.1) is 13.1 Å². The highest BCUT2D eigenvalue weighted by Gasteiger charge is 2.20. The van der Waals surface area contributed by atoms with E-state index in [-0.39, 0.29) is 12.5 Å². The Morgan fingerprint density at radius 1 is 1.20 bits per heavy atom. The van der Waals surface area contributed by atoms with E-state index in [1.807, 2.05) is 11.0 Å². The first-order valence-electron chi connectivity index (χ1n) is 8.50. The smallest absolute Gasteiger partial charge is 0.242 e. The van der Waals surface area contributed by atoms with Crippen molar-refractivity contribution in [1.29, 1.82) is 0 Å². The molecule has 0 atom stereocenters. The maximum atomic E-state index is 12.5. The molecule has 25 heavy (non-hydrogen) atoms. The predicted octanol–water partition coefficient (Wildman–Crippen LogP) is 2.31. The van der Waals surface area contributed by atoms with E-state index in [1.54, 1.807) is 18.4 Å². The molecule has 132 valence electrons. The Morgan fingerprint density at radius 3 is 2.72 bits per heavy atom. The van der Waals surface area contributed by atoms with Crippen molar-refractivity contribution >= 4 is 23.2 Å². The van der Waals surface area contributed by atoms with Gasteiger partial charge in [-0.25, -0.2) is 0 Å². The number of fused-ring (bicyclic) bond motifs is 1. The molecule has 0 radical (unpaired) electrons. The lowest BCUT2D eigenvalue weighted by molar-refractivity contribution is -0.130. The normalized spacial score (nSPS) is 14.2. The van der Waals surface area contributed by atoms with Gasteiger partial charge in [-0.3, -0.25) is 9.79 Å². The standard InChI is InChI=1S/C19H24N4OS/c1-14-7-8-17(25-14)11-21-19(20-2)22-12-18(24)23-10-9-15-5-3-4-6-16(15)13-23/h3-8H,9-13H2,1-2H3,(H2,20,21,22). The molecule has 1 aliphatic heterocycles. The number of thiophene rings is 1. The Bertz CT molecular complexity index is 768. The molecule has 0 saturated carbocycles. The Labute approximate surface area is 152 Å². The van der Waals surface area contributed by atoms with E-state index in [9.17, 15) is 4.79 Å². The number of guanidine groups is 1. The number of carbonyl (C=O) groups excluding carboxylic acids is 1. The van der Waals surface area contributed by atoms with E-state index in [4.69, 9.17) is 0 Å². The number of nitrogens with one attached hydrogen (secondary N) is 2. The molecule has 6 heteroatoms. The molecule has 5 nitrogen and oxygen atoms in total. The number of nitrogens with zero attached hydrogens (tertiary/aromatic N) is 2. The van der Waals surface area contributed by atoms with Crippen molar-refractivity contribution in [3.8, 4) is 0 Å². The molecule has 0 spiro atoms. The predicted molar refractivity (Wildman–Crippen MR) is 103 cm³/mol. The average Bonchev–Trinajstić information content (AvgIpc) is 3.06. The largest absolute Gasteiger partial charge is 0.352 e. The molecule has 2 aromatic rings. The molecule has 0 aliphatic carbocycles. The van der Waals surface area contributed by atoms with Crippen LogP contribution in [0.25, 0.3) is 0 Å². The molecular weight excluding hydrogens is 332 g/mol. The summed E-state index contributed by atoms with van der Waals surface area (Å²) in [6, 6.07) is 12.6. The van der Waals surface area contributed by atoms with E-state index in [1.165, 1.54) is 20.9 Å². The molecule has 1 aliphatic rings. The monoisotopic (exact) mass is 356 g/mol. The second-order valence-corrected chi connectivity index (χ2v) is 7.50. The molecular formula is C19H24N4OS. The van der Waals surface area contributed by atoms with Gasteiger partial charge < -0.3 is 15.5 Å². The first kappa shape index (κ1) is 17.5. The van der Waals surface area contributed by atoms with Crippen LogP contribution in [0.4, 0.5) is 0 Å². The number of aryl methyl sites for hydroxylation is 1. The minimum Gasteiger partial charge on any atom is -0.352 e. The number of hydrogen-bond acceptors (Lipinski definition) is 3. The lowest BCUT2D eigenvalue weighted by Gasteiger charge is -2.29. The van der Waals surface area contributed by atoms with E-state index in [2.05, 4.69) is 52.9 Å². The zero-order valence-electron chi connectivity index (χ0n) is 14.7. The number of rotatable bonds is 4. The van der Waals surface area contributed by atoms with Crippen LogP contribution in [-0.2, 0) is 24.3 Å².